The highest BCUT2D eigenvalue weighted by atomic mass is 19.4. The number of alkyl halides is 3. The minimum atomic E-state index is -4.38. The van der Waals surface area contributed by atoms with E-state index in [2.05, 4.69) is 10.6 Å². The summed E-state index contributed by atoms with van der Waals surface area (Å²) in [5.41, 5.74) is -0.475. The smallest absolute Gasteiger partial charge is 0.338 e. The van der Waals surface area contributed by atoms with E-state index in [0.717, 1.165) is 12.1 Å². The number of urea groups is 1. The summed E-state index contributed by atoms with van der Waals surface area (Å²) in [7, 11) is 0. The Bertz CT molecular complexity index is 1060. The maximum Gasteiger partial charge on any atom is 0.416 e. The summed E-state index contributed by atoms with van der Waals surface area (Å²) in [4.78, 5) is 38.1. The molecule has 2 aromatic rings. The number of likely N-dealkylation sites (tertiary alicyclic amines) is 1. The molecule has 4 rings (SSSR count). The highest BCUT2D eigenvalue weighted by molar-refractivity contribution is 6.07. The SMILES string of the molecule is CC1(c2cccc(C(=O)N3CC(Cc4cccc(C(F)(F)F)c4)C3)c2)NC(=O)NC1=O. The van der Waals surface area contributed by atoms with Crippen LogP contribution in [-0.2, 0) is 22.9 Å². The topological polar surface area (TPSA) is 78.5 Å². The molecule has 4 amide bonds. The Hall–Kier alpha value is -3.36. The molecule has 0 saturated carbocycles. The summed E-state index contributed by atoms with van der Waals surface area (Å²) in [6.45, 7) is 2.44. The van der Waals surface area contributed by atoms with Gasteiger partial charge in [-0.15, -0.1) is 0 Å². The average molecular weight is 431 g/mol. The molecule has 2 saturated heterocycles. The quantitative estimate of drug-likeness (QED) is 0.731. The highest BCUT2D eigenvalue weighted by Gasteiger charge is 2.43. The number of nitrogens with one attached hydrogen (secondary N) is 2. The summed E-state index contributed by atoms with van der Waals surface area (Å²) in [5.74, 6) is -0.643. The molecule has 1 unspecified atom stereocenters. The molecule has 2 N–H and O–H groups in total. The van der Waals surface area contributed by atoms with Crippen LogP contribution in [0, 0.1) is 5.92 Å². The van der Waals surface area contributed by atoms with Crippen LogP contribution in [0.15, 0.2) is 48.5 Å². The van der Waals surface area contributed by atoms with Crippen molar-refractivity contribution in [3.63, 3.8) is 0 Å². The summed E-state index contributed by atoms with van der Waals surface area (Å²) < 4.78 is 38.6. The zero-order valence-electron chi connectivity index (χ0n) is 16.6. The van der Waals surface area contributed by atoms with E-state index in [-0.39, 0.29) is 11.8 Å². The van der Waals surface area contributed by atoms with Crippen molar-refractivity contribution in [1.29, 1.82) is 0 Å². The largest absolute Gasteiger partial charge is 0.416 e. The Kier molecular flexibility index (Phi) is 4.99. The molecule has 2 aliphatic rings. The second-order valence-electron chi connectivity index (χ2n) is 8.09. The fourth-order valence-corrected chi connectivity index (χ4v) is 3.97. The molecule has 0 aromatic heterocycles. The first-order chi connectivity index (χ1) is 14.6. The molecule has 2 aliphatic heterocycles. The van der Waals surface area contributed by atoms with Gasteiger partial charge in [0, 0.05) is 18.7 Å². The van der Waals surface area contributed by atoms with Gasteiger partial charge in [-0.05, 0) is 48.6 Å². The summed E-state index contributed by atoms with van der Waals surface area (Å²) in [6, 6.07) is 11.2. The van der Waals surface area contributed by atoms with E-state index in [1.165, 1.54) is 6.07 Å². The first kappa shape index (κ1) is 20.9. The van der Waals surface area contributed by atoms with E-state index in [9.17, 15) is 27.6 Å². The minimum Gasteiger partial charge on any atom is -0.338 e. The number of carbonyl (C=O) groups excluding carboxylic acids is 3. The van der Waals surface area contributed by atoms with E-state index in [0.29, 0.717) is 36.2 Å². The zero-order valence-corrected chi connectivity index (χ0v) is 16.6. The Morgan fingerprint density at radius 1 is 1.13 bits per heavy atom. The fourth-order valence-electron chi connectivity index (χ4n) is 3.97. The van der Waals surface area contributed by atoms with Gasteiger partial charge in [0.15, 0.2) is 0 Å². The summed E-state index contributed by atoms with van der Waals surface area (Å²) in [5, 5.41) is 4.75. The third-order valence-electron chi connectivity index (χ3n) is 5.75. The van der Waals surface area contributed by atoms with E-state index in [4.69, 9.17) is 0 Å². The van der Waals surface area contributed by atoms with Gasteiger partial charge in [0.1, 0.15) is 5.54 Å². The molecule has 0 aliphatic carbocycles. The number of benzene rings is 2. The van der Waals surface area contributed by atoms with Crippen molar-refractivity contribution in [1.82, 2.24) is 15.5 Å². The van der Waals surface area contributed by atoms with Crippen LogP contribution in [-0.4, -0.2) is 35.8 Å². The lowest BCUT2D eigenvalue weighted by molar-refractivity contribution is -0.137. The first-order valence-corrected chi connectivity index (χ1v) is 9.76. The van der Waals surface area contributed by atoms with Gasteiger partial charge < -0.3 is 10.2 Å². The lowest BCUT2D eigenvalue weighted by Gasteiger charge is -2.39. The molecule has 1 atom stereocenters. The molecule has 31 heavy (non-hydrogen) atoms. The minimum absolute atomic E-state index is 0.0769. The van der Waals surface area contributed by atoms with Gasteiger partial charge in [0.2, 0.25) is 0 Å². The monoisotopic (exact) mass is 431 g/mol. The molecule has 2 aromatic carbocycles. The highest BCUT2D eigenvalue weighted by Crippen LogP contribution is 2.31. The predicted molar refractivity (Wildman–Crippen MR) is 105 cm³/mol. The van der Waals surface area contributed by atoms with Gasteiger partial charge in [-0.25, -0.2) is 4.79 Å². The Morgan fingerprint density at radius 3 is 2.48 bits per heavy atom. The maximum atomic E-state index is 12.9. The van der Waals surface area contributed by atoms with Gasteiger partial charge in [-0.1, -0.05) is 30.3 Å². The van der Waals surface area contributed by atoms with Crippen molar-refractivity contribution in [2.45, 2.75) is 25.1 Å². The van der Waals surface area contributed by atoms with Crippen molar-refractivity contribution in [2.24, 2.45) is 5.92 Å². The van der Waals surface area contributed by atoms with Gasteiger partial charge in [-0.2, -0.15) is 13.2 Å². The summed E-state index contributed by atoms with van der Waals surface area (Å²) in [6.07, 6.45) is -3.92. The van der Waals surface area contributed by atoms with Crippen LogP contribution < -0.4 is 10.6 Å². The molecule has 0 spiro atoms. The zero-order chi connectivity index (χ0) is 22.4. The number of imide groups is 1. The standard InChI is InChI=1S/C22H20F3N3O3/c1-21(19(30)26-20(31)27-21)16-6-3-5-15(10-16)18(29)28-11-14(12-28)8-13-4-2-7-17(9-13)22(23,24)25/h2-7,9-10,14H,8,11-12H2,1H3,(H2,26,27,30,31). The number of rotatable bonds is 4. The van der Waals surface area contributed by atoms with E-state index >= 15 is 0 Å². The van der Waals surface area contributed by atoms with Gasteiger partial charge in [0.25, 0.3) is 11.8 Å². The van der Waals surface area contributed by atoms with Crippen LogP contribution in [0.4, 0.5) is 18.0 Å². The molecule has 0 radical (unpaired) electrons. The van der Waals surface area contributed by atoms with Crippen molar-refractivity contribution >= 4 is 17.8 Å². The molecule has 2 fully saturated rings. The van der Waals surface area contributed by atoms with E-state index in [1.807, 2.05) is 0 Å². The lowest BCUT2D eigenvalue weighted by atomic mass is 9.89. The Labute approximate surface area is 176 Å². The Morgan fingerprint density at radius 2 is 1.84 bits per heavy atom. The van der Waals surface area contributed by atoms with Crippen LogP contribution in [0.3, 0.4) is 0 Å². The molecule has 162 valence electrons. The fraction of sp³-hybridized carbons (Fsp3) is 0.318. The van der Waals surface area contributed by atoms with Gasteiger partial charge in [-0.3, -0.25) is 14.9 Å². The molecule has 9 heteroatoms. The van der Waals surface area contributed by atoms with Crippen molar-refractivity contribution in [3.8, 4) is 0 Å². The molecule has 0 bridgehead atoms. The van der Waals surface area contributed by atoms with Crippen molar-refractivity contribution in [2.75, 3.05) is 13.1 Å². The second-order valence-corrected chi connectivity index (χ2v) is 8.09. The predicted octanol–water partition coefficient (Wildman–Crippen LogP) is 3.07. The van der Waals surface area contributed by atoms with Gasteiger partial charge in [0.05, 0.1) is 5.56 Å². The number of hydrogen-bond acceptors (Lipinski definition) is 3. The number of nitrogens with zero attached hydrogens (tertiary/aromatic N) is 1. The normalized spacial score (nSPS) is 21.5. The van der Waals surface area contributed by atoms with Crippen LogP contribution in [0.2, 0.25) is 0 Å². The van der Waals surface area contributed by atoms with Crippen LogP contribution >= 0.6 is 0 Å². The van der Waals surface area contributed by atoms with Crippen LogP contribution in [0.5, 0.6) is 0 Å². The number of carbonyl (C=O) groups is 3. The van der Waals surface area contributed by atoms with Crippen LogP contribution in [0.1, 0.15) is 34.0 Å². The molecular formula is C22H20F3N3O3. The number of amides is 4. The maximum absolute atomic E-state index is 12.9. The third-order valence-corrected chi connectivity index (χ3v) is 5.75. The number of hydrogen-bond donors (Lipinski definition) is 2. The van der Waals surface area contributed by atoms with Crippen LogP contribution in [0.25, 0.3) is 0 Å². The Balaban J connectivity index is 1.40. The van der Waals surface area contributed by atoms with Crippen molar-refractivity contribution in [3.05, 3.63) is 70.8 Å². The van der Waals surface area contributed by atoms with Gasteiger partial charge >= 0.3 is 12.2 Å². The van der Waals surface area contributed by atoms with E-state index < -0.39 is 29.2 Å². The molecule has 2 heterocycles. The molecular weight excluding hydrogens is 411 g/mol. The first-order valence-electron chi connectivity index (χ1n) is 9.76. The lowest BCUT2D eigenvalue weighted by Crippen LogP contribution is -2.50. The third kappa shape index (κ3) is 3.99. The number of halogens is 3. The molecule has 6 nitrogen and oxygen atoms in total. The average Bonchev–Trinajstić information content (AvgIpc) is 2.96. The van der Waals surface area contributed by atoms with E-state index in [1.54, 1.807) is 42.2 Å². The van der Waals surface area contributed by atoms with Crippen molar-refractivity contribution < 1.29 is 27.6 Å². The summed E-state index contributed by atoms with van der Waals surface area (Å²) >= 11 is 0. The second kappa shape index (κ2) is 7.40.